The minimum Gasteiger partial charge on any atom is -0.496 e. The molecule has 0 saturated heterocycles. The second-order valence-electron chi connectivity index (χ2n) is 5.20. The molecule has 0 aliphatic heterocycles. The van der Waals surface area contributed by atoms with Crippen molar-refractivity contribution < 1.29 is 14.6 Å². The van der Waals surface area contributed by atoms with E-state index in [0.717, 1.165) is 16.9 Å². The van der Waals surface area contributed by atoms with Crippen LogP contribution in [0.4, 0.5) is 0 Å². The van der Waals surface area contributed by atoms with Crippen LogP contribution in [0.5, 0.6) is 5.75 Å². The maximum atomic E-state index is 8.71. The van der Waals surface area contributed by atoms with E-state index in [9.17, 15) is 0 Å². The summed E-state index contributed by atoms with van der Waals surface area (Å²) < 4.78 is 11.1. The fourth-order valence-corrected chi connectivity index (χ4v) is 1.48. The number of hydrogen-bond donors (Lipinski definition) is 1. The molecule has 1 rings (SSSR count). The van der Waals surface area contributed by atoms with E-state index >= 15 is 0 Å². The molecule has 0 saturated carbocycles. The largest absolute Gasteiger partial charge is 0.496 e. The molecule has 0 aromatic heterocycles. The lowest BCUT2D eigenvalue weighted by molar-refractivity contribution is -0.0156. The zero-order valence-corrected chi connectivity index (χ0v) is 12.1. The summed E-state index contributed by atoms with van der Waals surface area (Å²) in [6.07, 6.45) is 0.486. The molecule has 3 nitrogen and oxygen atoms in total. The lowest BCUT2D eigenvalue weighted by atomic mass is 10.1. The SMILES string of the molecule is COc1ccc(C#CCCO)cc1COC(C)(C)C. The van der Waals surface area contributed by atoms with Crippen molar-refractivity contribution in [2.24, 2.45) is 0 Å². The van der Waals surface area contributed by atoms with Crippen molar-refractivity contribution in [3.05, 3.63) is 29.3 Å². The van der Waals surface area contributed by atoms with Crippen LogP contribution in [0.2, 0.25) is 0 Å². The standard InChI is InChI=1S/C16H22O3/c1-16(2,3)19-12-14-11-13(7-5-6-10-17)8-9-15(14)18-4/h8-9,11,17H,6,10,12H2,1-4H3. The zero-order valence-electron chi connectivity index (χ0n) is 12.1. The molecule has 1 N–H and O–H groups in total. The van der Waals surface area contributed by atoms with E-state index in [-0.39, 0.29) is 12.2 Å². The van der Waals surface area contributed by atoms with E-state index in [0.29, 0.717) is 13.0 Å². The first kappa shape index (κ1) is 15.6. The van der Waals surface area contributed by atoms with Crippen LogP contribution >= 0.6 is 0 Å². The summed E-state index contributed by atoms with van der Waals surface area (Å²) in [4.78, 5) is 0. The van der Waals surface area contributed by atoms with E-state index in [2.05, 4.69) is 11.8 Å². The topological polar surface area (TPSA) is 38.7 Å². The predicted octanol–water partition coefficient (Wildman–Crippen LogP) is 2.74. The van der Waals surface area contributed by atoms with Gasteiger partial charge in [0.25, 0.3) is 0 Å². The molecule has 0 unspecified atom stereocenters. The monoisotopic (exact) mass is 262 g/mol. The van der Waals surface area contributed by atoms with Crippen LogP contribution in [-0.4, -0.2) is 24.4 Å². The fourth-order valence-electron chi connectivity index (χ4n) is 1.48. The van der Waals surface area contributed by atoms with E-state index < -0.39 is 0 Å². The molecule has 0 atom stereocenters. The van der Waals surface area contributed by atoms with Gasteiger partial charge in [-0.05, 0) is 39.0 Å². The van der Waals surface area contributed by atoms with Crippen molar-refractivity contribution in [1.82, 2.24) is 0 Å². The Morgan fingerprint density at radius 3 is 2.58 bits per heavy atom. The Labute approximate surface area is 115 Å². The van der Waals surface area contributed by atoms with E-state index in [1.807, 2.05) is 39.0 Å². The molecule has 19 heavy (non-hydrogen) atoms. The lowest BCUT2D eigenvalue weighted by Gasteiger charge is -2.20. The van der Waals surface area contributed by atoms with Gasteiger partial charge in [-0.1, -0.05) is 11.8 Å². The molecule has 0 aliphatic carbocycles. The predicted molar refractivity (Wildman–Crippen MR) is 76.1 cm³/mol. The van der Waals surface area contributed by atoms with Crippen LogP contribution in [-0.2, 0) is 11.3 Å². The van der Waals surface area contributed by atoms with Gasteiger partial charge in [0.2, 0.25) is 0 Å². The number of benzene rings is 1. The maximum absolute atomic E-state index is 8.71. The first-order valence-electron chi connectivity index (χ1n) is 6.37. The highest BCUT2D eigenvalue weighted by molar-refractivity contribution is 5.44. The number of ether oxygens (including phenoxy) is 2. The van der Waals surface area contributed by atoms with Crippen LogP contribution in [0.1, 0.15) is 38.3 Å². The third kappa shape index (κ3) is 5.78. The highest BCUT2D eigenvalue weighted by Gasteiger charge is 2.12. The Balaban J connectivity index is 2.88. The molecule has 0 fully saturated rings. The Morgan fingerprint density at radius 1 is 1.26 bits per heavy atom. The minimum atomic E-state index is -0.191. The van der Waals surface area contributed by atoms with Gasteiger partial charge in [-0.3, -0.25) is 0 Å². The number of rotatable bonds is 4. The van der Waals surface area contributed by atoms with Gasteiger partial charge >= 0.3 is 0 Å². The second-order valence-corrected chi connectivity index (χ2v) is 5.20. The minimum absolute atomic E-state index is 0.0865. The molecule has 1 aromatic rings. The normalized spacial score (nSPS) is 10.8. The fraction of sp³-hybridized carbons (Fsp3) is 0.500. The van der Waals surface area contributed by atoms with Gasteiger partial charge in [-0.2, -0.15) is 0 Å². The summed E-state index contributed by atoms with van der Waals surface area (Å²) in [5.41, 5.74) is 1.69. The molecule has 0 amide bonds. The number of methoxy groups -OCH3 is 1. The van der Waals surface area contributed by atoms with Crippen molar-refractivity contribution >= 4 is 0 Å². The molecule has 0 radical (unpaired) electrons. The highest BCUT2D eigenvalue weighted by atomic mass is 16.5. The van der Waals surface area contributed by atoms with Gasteiger partial charge in [0.1, 0.15) is 5.75 Å². The summed E-state index contributed by atoms with van der Waals surface area (Å²) in [5.74, 6) is 6.72. The third-order valence-electron chi connectivity index (χ3n) is 2.41. The summed E-state index contributed by atoms with van der Waals surface area (Å²) in [5, 5.41) is 8.71. The molecule has 0 aliphatic rings. The molecular formula is C16H22O3. The van der Waals surface area contributed by atoms with Gasteiger partial charge in [0, 0.05) is 17.5 Å². The summed E-state index contributed by atoms with van der Waals surface area (Å²) in [6, 6.07) is 5.77. The van der Waals surface area contributed by atoms with Crippen molar-refractivity contribution in [2.75, 3.05) is 13.7 Å². The van der Waals surface area contributed by atoms with Crippen LogP contribution < -0.4 is 4.74 Å². The van der Waals surface area contributed by atoms with Gasteiger partial charge in [-0.15, -0.1) is 0 Å². The zero-order chi connectivity index (χ0) is 14.3. The first-order chi connectivity index (χ1) is 8.96. The highest BCUT2D eigenvalue weighted by Crippen LogP contribution is 2.22. The smallest absolute Gasteiger partial charge is 0.124 e. The second kappa shape index (κ2) is 7.18. The third-order valence-corrected chi connectivity index (χ3v) is 2.41. The number of hydrogen-bond acceptors (Lipinski definition) is 3. The summed E-state index contributed by atoms with van der Waals surface area (Å²) in [6.45, 7) is 6.63. The van der Waals surface area contributed by atoms with Crippen LogP contribution in [0.3, 0.4) is 0 Å². The Morgan fingerprint density at radius 2 is 2.00 bits per heavy atom. The first-order valence-corrected chi connectivity index (χ1v) is 6.37. The quantitative estimate of drug-likeness (QED) is 0.848. The van der Waals surface area contributed by atoms with Crippen molar-refractivity contribution in [2.45, 2.75) is 39.4 Å². The van der Waals surface area contributed by atoms with Gasteiger partial charge < -0.3 is 14.6 Å². The Bertz CT molecular complexity index is 461. The summed E-state index contributed by atoms with van der Waals surface area (Å²) >= 11 is 0. The van der Waals surface area contributed by atoms with Crippen molar-refractivity contribution in [3.8, 4) is 17.6 Å². The van der Waals surface area contributed by atoms with E-state index in [1.54, 1.807) is 7.11 Å². The molecule has 1 aromatic carbocycles. The van der Waals surface area contributed by atoms with Crippen molar-refractivity contribution in [1.29, 1.82) is 0 Å². The van der Waals surface area contributed by atoms with Gasteiger partial charge in [0.15, 0.2) is 0 Å². The Kier molecular flexibility index (Phi) is 5.88. The number of aliphatic hydroxyl groups is 1. The van der Waals surface area contributed by atoms with Crippen LogP contribution in [0.25, 0.3) is 0 Å². The number of aliphatic hydroxyl groups excluding tert-OH is 1. The van der Waals surface area contributed by atoms with E-state index in [1.165, 1.54) is 0 Å². The molecular weight excluding hydrogens is 240 g/mol. The van der Waals surface area contributed by atoms with Gasteiger partial charge in [0.05, 0.1) is 25.9 Å². The molecule has 104 valence electrons. The Hall–Kier alpha value is -1.50. The average molecular weight is 262 g/mol. The summed E-state index contributed by atoms with van der Waals surface area (Å²) in [7, 11) is 1.65. The molecule has 3 heteroatoms. The van der Waals surface area contributed by atoms with Crippen molar-refractivity contribution in [3.63, 3.8) is 0 Å². The van der Waals surface area contributed by atoms with Crippen LogP contribution in [0.15, 0.2) is 18.2 Å². The van der Waals surface area contributed by atoms with Crippen LogP contribution in [0, 0.1) is 11.8 Å². The maximum Gasteiger partial charge on any atom is 0.124 e. The molecule has 0 heterocycles. The molecule has 0 bridgehead atoms. The van der Waals surface area contributed by atoms with Gasteiger partial charge in [-0.25, -0.2) is 0 Å². The van der Waals surface area contributed by atoms with E-state index in [4.69, 9.17) is 14.6 Å². The average Bonchev–Trinajstić information content (AvgIpc) is 2.36. The molecule has 0 spiro atoms. The lowest BCUT2D eigenvalue weighted by Crippen LogP contribution is -2.18.